The molecule has 1 aromatic carbocycles. The van der Waals surface area contributed by atoms with Gasteiger partial charge in [0.25, 0.3) is 0 Å². The second-order valence-corrected chi connectivity index (χ2v) is 5.93. The molecular formula is C14H12N4OS. The van der Waals surface area contributed by atoms with Crippen LogP contribution in [0.3, 0.4) is 0 Å². The first-order valence-electron chi connectivity index (χ1n) is 6.58. The molecule has 0 atom stereocenters. The minimum absolute atomic E-state index is 0.285. The largest absolute Gasteiger partial charge is 0.338 e. The van der Waals surface area contributed by atoms with E-state index in [4.69, 9.17) is 0 Å². The number of hydrogen-bond donors (Lipinski definition) is 1. The van der Waals surface area contributed by atoms with Crippen molar-refractivity contribution in [3.05, 3.63) is 24.3 Å². The predicted molar refractivity (Wildman–Crippen MR) is 77.6 cm³/mol. The topological polar surface area (TPSA) is 71.5 Å². The summed E-state index contributed by atoms with van der Waals surface area (Å²) in [5, 5.41) is 9.92. The zero-order chi connectivity index (χ0) is 13.5. The number of nitrogens with zero attached hydrogens (tertiary/aromatic N) is 3. The van der Waals surface area contributed by atoms with Gasteiger partial charge in [-0.2, -0.15) is 0 Å². The number of para-hydroxylation sites is 1. The Morgan fingerprint density at radius 2 is 2.15 bits per heavy atom. The van der Waals surface area contributed by atoms with E-state index in [2.05, 4.69) is 20.2 Å². The van der Waals surface area contributed by atoms with Gasteiger partial charge < -0.3 is 4.98 Å². The Labute approximate surface area is 119 Å². The van der Waals surface area contributed by atoms with Gasteiger partial charge in [-0.15, -0.1) is 10.2 Å². The zero-order valence-corrected chi connectivity index (χ0v) is 11.5. The third-order valence-electron chi connectivity index (χ3n) is 3.48. The summed E-state index contributed by atoms with van der Waals surface area (Å²) < 4.78 is 0. The molecule has 0 radical (unpaired) electrons. The van der Waals surface area contributed by atoms with Crippen molar-refractivity contribution >= 4 is 39.6 Å². The van der Waals surface area contributed by atoms with E-state index in [9.17, 15) is 4.79 Å². The van der Waals surface area contributed by atoms with Crippen LogP contribution in [0, 0.1) is 5.92 Å². The standard InChI is InChI=1S/C14H12N4OS/c19-11(8-5-6-8)7-20-14-16-13-12(17-18-14)9-3-1-2-4-10(9)15-13/h1-4,8H,5-7H2,(H,15,16,18). The molecule has 20 heavy (non-hydrogen) atoms. The number of Topliss-reactive ketones (excluding diaryl/α,β-unsaturated/α-hetero) is 1. The molecule has 1 aliphatic carbocycles. The summed E-state index contributed by atoms with van der Waals surface area (Å²) in [5.74, 6) is 1.03. The van der Waals surface area contributed by atoms with Crippen molar-refractivity contribution in [3.8, 4) is 0 Å². The van der Waals surface area contributed by atoms with Crippen molar-refractivity contribution in [1.29, 1.82) is 0 Å². The molecule has 0 aliphatic heterocycles. The molecule has 4 rings (SSSR count). The minimum atomic E-state index is 0.285. The highest BCUT2D eigenvalue weighted by Gasteiger charge is 2.29. The minimum Gasteiger partial charge on any atom is -0.338 e. The van der Waals surface area contributed by atoms with E-state index in [0.717, 1.165) is 34.9 Å². The molecule has 1 saturated carbocycles. The summed E-state index contributed by atoms with van der Waals surface area (Å²) in [6, 6.07) is 7.92. The van der Waals surface area contributed by atoms with Gasteiger partial charge in [0, 0.05) is 16.8 Å². The molecule has 1 aliphatic rings. The fourth-order valence-electron chi connectivity index (χ4n) is 2.23. The van der Waals surface area contributed by atoms with Crippen LogP contribution in [0.4, 0.5) is 0 Å². The fraction of sp³-hybridized carbons (Fsp3) is 0.286. The lowest BCUT2D eigenvalue weighted by molar-refractivity contribution is -0.117. The molecule has 6 heteroatoms. The van der Waals surface area contributed by atoms with Crippen LogP contribution in [0.5, 0.6) is 0 Å². The van der Waals surface area contributed by atoms with E-state index in [1.807, 2.05) is 24.3 Å². The Balaban J connectivity index is 1.64. The number of hydrogen-bond acceptors (Lipinski definition) is 5. The second kappa shape index (κ2) is 4.56. The van der Waals surface area contributed by atoms with Crippen LogP contribution in [0.2, 0.25) is 0 Å². The normalized spacial score (nSPS) is 15.0. The average molecular weight is 284 g/mol. The number of carbonyl (C=O) groups excluding carboxylic acids is 1. The summed E-state index contributed by atoms with van der Waals surface area (Å²) in [5.41, 5.74) is 2.50. The summed E-state index contributed by atoms with van der Waals surface area (Å²) in [4.78, 5) is 19.4. The first kappa shape index (κ1) is 11.8. The predicted octanol–water partition coefficient (Wildman–Crippen LogP) is 2.58. The van der Waals surface area contributed by atoms with E-state index < -0.39 is 0 Å². The lowest BCUT2D eigenvalue weighted by Crippen LogP contribution is -2.04. The van der Waals surface area contributed by atoms with Crippen molar-refractivity contribution in [2.45, 2.75) is 18.0 Å². The smallest absolute Gasteiger partial charge is 0.211 e. The van der Waals surface area contributed by atoms with E-state index in [1.165, 1.54) is 11.8 Å². The van der Waals surface area contributed by atoms with Gasteiger partial charge in [-0.1, -0.05) is 30.0 Å². The average Bonchev–Trinajstić information content (AvgIpc) is 3.25. The molecule has 100 valence electrons. The Morgan fingerprint density at radius 3 is 3.00 bits per heavy atom. The molecule has 5 nitrogen and oxygen atoms in total. The van der Waals surface area contributed by atoms with Crippen LogP contribution in [-0.4, -0.2) is 31.7 Å². The van der Waals surface area contributed by atoms with Crippen LogP contribution in [0.25, 0.3) is 22.1 Å². The second-order valence-electron chi connectivity index (χ2n) is 4.99. The van der Waals surface area contributed by atoms with Gasteiger partial charge in [0.15, 0.2) is 5.65 Å². The van der Waals surface area contributed by atoms with Gasteiger partial charge in [0.05, 0.1) is 5.75 Å². The van der Waals surface area contributed by atoms with Crippen molar-refractivity contribution in [2.75, 3.05) is 5.75 Å². The number of fused-ring (bicyclic) bond motifs is 3. The molecule has 0 amide bonds. The molecule has 0 saturated heterocycles. The molecule has 2 aromatic heterocycles. The van der Waals surface area contributed by atoms with Gasteiger partial charge in [-0.3, -0.25) is 4.79 Å². The number of H-pyrrole nitrogens is 1. The fourth-order valence-corrected chi connectivity index (χ4v) is 2.99. The highest BCUT2D eigenvalue weighted by molar-refractivity contribution is 7.99. The maximum atomic E-state index is 11.7. The van der Waals surface area contributed by atoms with Crippen molar-refractivity contribution < 1.29 is 4.79 Å². The SMILES string of the molecule is O=C(CSc1nnc2c(n1)[nH]c1ccccc12)C1CC1. The highest BCUT2D eigenvalue weighted by Crippen LogP contribution is 2.31. The Kier molecular flexibility index (Phi) is 2.70. The van der Waals surface area contributed by atoms with E-state index in [1.54, 1.807) is 0 Å². The summed E-state index contributed by atoms with van der Waals surface area (Å²) in [7, 11) is 0. The molecule has 2 heterocycles. The molecule has 3 aromatic rings. The summed E-state index contributed by atoms with van der Waals surface area (Å²) in [6.45, 7) is 0. The Hall–Kier alpha value is -1.95. The van der Waals surface area contributed by atoms with Crippen molar-refractivity contribution in [2.24, 2.45) is 5.92 Å². The van der Waals surface area contributed by atoms with Gasteiger partial charge in [-0.05, 0) is 18.9 Å². The van der Waals surface area contributed by atoms with E-state index >= 15 is 0 Å². The monoisotopic (exact) mass is 284 g/mol. The first-order valence-corrected chi connectivity index (χ1v) is 7.56. The molecular weight excluding hydrogens is 272 g/mol. The van der Waals surface area contributed by atoms with Crippen LogP contribution in [-0.2, 0) is 4.79 Å². The number of benzene rings is 1. The van der Waals surface area contributed by atoms with Crippen LogP contribution in [0.1, 0.15) is 12.8 Å². The van der Waals surface area contributed by atoms with Crippen LogP contribution >= 0.6 is 11.8 Å². The lowest BCUT2D eigenvalue weighted by Gasteiger charge is -1.97. The molecule has 0 bridgehead atoms. The first-order chi connectivity index (χ1) is 9.81. The van der Waals surface area contributed by atoms with Crippen LogP contribution in [0.15, 0.2) is 29.4 Å². The number of thioether (sulfide) groups is 1. The van der Waals surface area contributed by atoms with Crippen molar-refractivity contribution in [3.63, 3.8) is 0 Å². The maximum Gasteiger partial charge on any atom is 0.211 e. The molecule has 0 spiro atoms. The van der Waals surface area contributed by atoms with Crippen molar-refractivity contribution in [1.82, 2.24) is 20.2 Å². The van der Waals surface area contributed by atoms with E-state index in [0.29, 0.717) is 16.7 Å². The van der Waals surface area contributed by atoms with Gasteiger partial charge >= 0.3 is 0 Å². The number of ketones is 1. The van der Waals surface area contributed by atoms with E-state index in [-0.39, 0.29) is 5.92 Å². The Morgan fingerprint density at radius 1 is 1.30 bits per heavy atom. The summed E-state index contributed by atoms with van der Waals surface area (Å²) >= 11 is 1.37. The highest BCUT2D eigenvalue weighted by atomic mass is 32.2. The molecule has 0 unspecified atom stereocenters. The number of aromatic nitrogens is 4. The quantitative estimate of drug-likeness (QED) is 0.745. The lowest BCUT2D eigenvalue weighted by atomic mass is 10.2. The number of aromatic amines is 1. The van der Waals surface area contributed by atoms with Gasteiger partial charge in [0.2, 0.25) is 5.16 Å². The maximum absolute atomic E-state index is 11.7. The Bertz CT molecular complexity index is 809. The third kappa shape index (κ3) is 2.06. The molecule has 1 fully saturated rings. The molecule has 1 N–H and O–H groups in total. The van der Waals surface area contributed by atoms with Gasteiger partial charge in [0.1, 0.15) is 11.3 Å². The van der Waals surface area contributed by atoms with Gasteiger partial charge in [-0.25, -0.2) is 4.98 Å². The number of carbonyl (C=O) groups is 1. The summed E-state index contributed by atoms with van der Waals surface area (Å²) in [6.07, 6.45) is 2.08. The number of nitrogens with one attached hydrogen (secondary N) is 1. The zero-order valence-electron chi connectivity index (χ0n) is 10.7. The third-order valence-corrected chi connectivity index (χ3v) is 4.34. The number of rotatable bonds is 4. The van der Waals surface area contributed by atoms with Crippen LogP contribution < -0.4 is 0 Å².